The van der Waals surface area contributed by atoms with Crippen molar-refractivity contribution >= 4 is 17.6 Å². The Bertz CT molecular complexity index is 1050. The molecule has 0 spiro atoms. The molecule has 0 aliphatic rings. The third-order valence-corrected chi connectivity index (χ3v) is 4.84. The summed E-state index contributed by atoms with van der Waals surface area (Å²) in [7, 11) is 0. The van der Waals surface area contributed by atoms with Gasteiger partial charge in [0, 0.05) is 18.8 Å². The summed E-state index contributed by atoms with van der Waals surface area (Å²) in [4.78, 5) is 29.1. The van der Waals surface area contributed by atoms with Crippen LogP contribution < -0.4 is 5.32 Å². The monoisotopic (exact) mass is 455 g/mol. The summed E-state index contributed by atoms with van der Waals surface area (Å²) < 4.78 is 32.2. The maximum Gasteiger partial charge on any atom is 0.322 e. The number of nitrogens with zero attached hydrogens (tertiary/aromatic N) is 2. The number of benzene rings is 2. The lowest BCUT2D eigenvalue weighted by Gasteiger charge is -2.28. The number of anilines is 1. The maximum atomic E-state index is 13.5. The van der Waals surface area contributed by atoms with Crippen molar-refractivity contribution in [3.05, 3.63) is 89.9 Å². The molecule has 3 aromatic rings. The van der Waals surface area contributed by atoms with Crippen LogP contribution in [-0.2, 0) is 17.9 Å². The van der Waals surface area contributed by atoms with Crippen LogP contribution in [0.2, 0.25) is 0 Å². The highest BCUT2D eigenvalue weighted by Gasteiger charge is 2.23. The highest BCUT2D eigenvalue weighted by atomic mass is 19.1. The number of amides is 3. The minimum atomic E-state index is -0.498. The Morgan fingerprint density at radius 1 is 0.939 bits per heavy atom. The van der Waals surface area contributed by atoms with E-state index in [2.05, 4.69) is 5.32 Å². The summed E-state index contributed by atoms with van der Waals surface area (Å²) in [6.07, 6.45) is 1.52. The summed E-state index contributed by atoms with van der Waals surface area (Å²) in [5.74, 6) is -0.439. The molecule has 0 bridgehead atoms. The molecule has 33 heavy (non-hydrogen) atoms. The number of carbonyl (C=O) groups excluding carboxylic acids is 2. The molecule has 1 aromatic heterocycles. The summed E-state index contributed by atoms with van der Waals surface area (Å²) in [5, 5.41) is 2.65. The molecule has 0 aliphatic heterocycles. The fraction of sp³-hybridized carbons (Fsp3) is 0.280. The lowest BCUT2D eigenvalue weighted by atomic mass is 10.2. The molecule has 0 unspecified atom stereocenters. The summed E-state index contributed by atoms with van der Waals surface area (Å²) in [5.41, 5.74) is 1.05. The molecule has 0 aliphatic carbocycles. The predicted octanol–water partition coefficient (Wildman–Crippen LogP) is 5.28. The number of hydrogen-bond donors (Lipinski definition) is 1. The Labute approximate surface area is 191 Å². The fourth-order valence-corrected chi connectivity index (χ4v) is 3.33. The van der Waals surface area contributed by atoms with Gasteiger partial charge in [-0.05, 0) is 53.9 Å². The van der Waals surface area contributed by atoms with E-state index in [4.69, 9.17) is 4.42 Å². The van der Waals surface area contributed by atoms with E-state index >= 15 is 0 Å². The van der Waals surface area contributed by atoms with Crippen molar-refractivity contribution in [2.75, 3.05) is 18.4 Å². The Hall–Kier alpha value is -3.68. The Morgan fingerprint density at radius 3 is 2.33 bits per heavy atom. The highest BCUT2D eigenvalue weighted by molar-refractivity contribution is 5.92. The van der Waals surface area contributed by atoms with E-state index in [-0.39, 0.29) is 37.3 Å². The third kappa shape index (κ3) is 7.45. The van der Waals surface area contributed by atoms with Gasteiger partial charge in [-0.1, -0.05) is 32.0 Å². The molecule has 8 heteroatoms. The minimum absolute atomic E-state index is 0.103. The van der Waals surface area contributed by atoms with Crippen LogP contribution in [-0.4, -0.2) is 34.8 Å². The van der Waals surface area contributed by atoms with Gasteiger partial charge in [-0.3, -0.25) is 4.79 Å². The smallest absolute Gasteiger partial charge is 0.322 e. The van der Waals surface area contributed by atoms with Crippen LogP contribution in [0, 0.1) is 17.6 Å². The second-order valence-corrected chi connectivity index (χ2v) is 8.17. The van der Waals surface area contributed by atoms with Crippen molar-refractivity contribution in [1.82, 2.24) is 9.80 Å². The summed E-state index contributed by atoms with van der Waals surface area (Å²) in [6, 6.07) is 14.5. The van der Waals surface area contributed by atoms with E-state index in [0.717, 1.165) is 5.56 Å². The van der Waals surface area contributed by atoms with Crippen molar-refractivity contribution in [3.8, 4) is 0 Å². The molecule has 6 nitrogen and oxygen atoms in total. The van der Waals surface area contributed by atoms with Crippen LogP contribution in [0.3, 0.4) is 0 Å². The number of carbonyl (C=O) groups is 2. The van der Waals surface area contributed by atoms with Crippen molar-refractivity contribution in [3.63, 3.8) is 0 Å². The first-order valence-electron chi connectivity index (χ1n) is 10.7. The van der Waals surface area contributed by atoms with Crippen molar-refractivity contribution in [2.24, 2.45) is 5.92 Å². The molecule has 1 N–H and O–H groups in total. The van der Waals surface area contributed by atoms with E-state index in [1.807, 2.05) is 13.8 Å². The van der Waals surface area contributed by atoms with Gasteiger partial charge in [0.2, 0.25) is 5.91 Å². The number of urea groups is 1. The molecule has 0 fully saturated rings. The molecule has 174 valence electrons. The molecular weight excluding hydrogens is 428 g/mol. The number of rotatable bonds is 9. The van der Waals surface area contributed by atoms with Crippen LogP contribution in [0.15, 0.2) is 71.3 Å². The SMILES string of the molecule is CC(C)CN(CC(=O)N(Cc1ccc(F)cc1)Cc1ccco1)C(=O)Nc1cccc(F)c1. The molecular formula is C25H27F2N3O3. The molecule has 0 radical (unpaired) electrons. The zero-order chi connectivity index (χ0) is 23.8. The Balaban J connectivity index is 1.76. The fourth-order valence-electron chi connectivity index (χ4n) is 3.33. The topological polar surface area (TPSA) is 65.8 Å². The molecule has 0 saturated heterocycles. The van der Waals surface area contributed by atoms with Crippen LogP contribution in [0.25, 0.3) is 0 Å². The quantitative estimate of drug-likeness (QED) is 0.478. The summed E-state index contributed by atoms with van der Waals surface area (Å²) >= 11 is 0. The number of hydrogen-bond acceptors (Lipinski definition) is 3. The minimum Gasteiger partial charge on any atom is -0.467 e. The Morgan fingerprint density at radius 2 is 1.70 bits per heavy atom. The van der Waals surface area contributed by atoms with E-state index in [9.17, 15) is 18.4 Å². The third-order valence-electron chi connectivity index (χ3n) is 4.84. The van der Waals surface area contributed by atoms with Gasteiger partial charge >= 0.3 is 6.03 Å². The normalized spacial score (nSPS) is 10.8. The second-order valence-electron chi connectivity index (χ2n) is 8.17. The largest absolute Gasteiger partial charge is 0.467 e. The van der Waals surface area contributed by atoms with Crippen LogP contribution in [0.4, 0.5) is 19.3 Å². The van der Waals surface area contributed by atoms with Gasteiger partial charge in [0.25, 0.3) is 0 Å². The molecule has 3 rings (SSSR count). The van der Waals surface area contributed by atoms with E-state index in [1.54, 1.807) is 35.2 Å². The lowest BCUT2D eigenvalue weighted by molar-refractivity contribution is -0.133. The van der Waals surface area contributed by atoms with E-state index in [1.165, 1.54) is 41.5 Å². The van der Waals surface area contributed by atoms with Gasteiger partial charge in [0.15, 0.2) is 0 Å². The first kappa shape index (κ1) is 24.0. The average Bonchev–Trinajstić information content (AvgIpc) is 3.27. The van der Waals surface area contributed by atoms with Gasteiger partial charge in [-0.2, -0.15) is 0 Å². The second kappa shape index (κ2) is 11.3. The molecule has 0 atom stereocenters. The first-order chi connectivity index (χ1) is 15.8. The van der Waals surface area contributed by atoms with Crippen LogP contribution in [0.5, 0.6) is 0 Å². The van der Waals surface area contributed by atoms with Gasteiger partial charge in [-0.15, -0.1) is 0 Å². The van der Waals surface area contributed by atoms with E-state index < -0.39 is 11.8 Å². The lowest BCUT2D eigenvalue weighted by Crippen LogP contribution is -2.45. The van der Waals surface area contributed by atoms with Gasteiger partial charge in [0.1, 0.15) is 23.9 Å². The van der Waals surface area contributed by atoms with Gasteiger partial charge in [0.05, 0.1) is 12.8 Å². The average molecular weight is 456 g/mol. The zero-order valence-corrected chi connectivity index (χ0v) is 18.6. The molecule has 2 aromatic carbocycles. The molecule has 0 saturated carbocycles. The van der Waals surface area contributed by atoms with Crippen LogP contribution in [0.1, 0.15) is 25.2 Å². The molecule has 3 amide bonds. The maximum absolute atomic E-state index is 13.5. The van der Waals surface area contributed by atoms with Crippen molar-refractivity contribution in [2.45, 2.75) is 26.9 Å². The Kier molecular flexibility index (Phi) is 8.18. The standard InChI is InChI=1S/C25H27F2N3O3/c1-18(2)14-30(25(32)28-22-6-3-5-21(27)13-22)17-24(31)29(16-23-7-4-12-33-23)15-19-8-10-20(26)11-9-19/h3-13,18H,14-17H2,1-2H3,(H,28,32). The highest BCUT2D eigenvalue weighted by Crippen LogP contribution is 2.15. The number of nitrogens with one attached hydrogen (secondary N) is 1. The van der Waals surface area contributed by atoms with E-state index in [0.29, 0.717) is 18.0 Å². The summed E-state index contributed by atoms with van der Waals surface area (Å²) in [6.45, 7) is 4.45. The number of halogens is 2. The zero-order valence-electron chi connectivity index (χ0n) is 18.6. The van der Waals surface area contributed by atoms with Crippen molar-refractivity contribution < 1.29 is 22.8 Å². The van der Waals surface area contributed by atoms with Gasteiger partial charge < -0.3 is 19.5 Å². The number of furan rings is 1. The van der Waals surface area contributed by atoms with Gasteiger partial charge in [-0.25, -0.2) is 13.6 Å². The van der Waals surface area contributed by atoms with Crippen molar-refractivity contribution in [1.29, 1.82) is 0 Å². The first-order valence-corrected chi connectivity index (χ1v) is 10.7. The van der Waals surface area contributed by atoms with Crippen LogP contribution >= 0.6 is 0 Å². The predicted molar refractivity (Wildman–Crippen MR) is 121 cm³/mol. The molecule has 1 heterocycles.